The van der Waals surface area contributed by atoms with E-state index in [4.69, 9.17) is 4.74 Å². The van der Waals surface area contributed by atoms with Gasteiger partial charge in [0.15, 0.2) is 0 Å². The van der Waals surface area contributed by atoms with Gasteiger partial charge in [0.1, 0.15) is 0 Å². The van der Waals surface area contributed by atoms with E-state index in [1.54, 1.807) is 6.92 Å². The molecule has 0 radical (unpaired) electrons. The molecule has 1 aromatic carbocycles. The van der Waals surface area contributed by atoms with Crippen LogP contribution in [0, 0.1) is 0 Å². The van der Waals surface area contributed by atoms with Crippen LogP contribution in [0.4, 0.5) is 5.69 Å². The van der Waals surface area contributed by atoms with Gasteiger partial charge in [-0.1, -0.05) is 22.0 Å². The predicted molar refractivity (Wildman–Crippen MR) is 77.0 cm³/mol. The first-order valence-corrected chi connectivity index (χ1v) is 7.05. The summed E-state index contributed by atoms with van der Waals surface area (Å²) in [5.41, 5.74) is 1.99. The van der Waals surface area contributed by atoms with E-state index in [1.165, 1.54) is 5.69 Å². The summed E-state index contributed by atoms with van der Waals surface area (Å²) in [5, 5.41) is 9.63. The maximum Gasteiger partial charge on any atom is 0.0801 e. The number of ether oxygens (including phenoxy) is 1. The normalized spacial score (nSPS) is 20.8. The highest BCUT2D eigenvalue weighted by Crippen LogP contribution is 2.30. The number of hydrogen-bond donors (Lipinski definition) is 1. The lowest BCUT2D eigenvalue weighted by Gasteiger charge is -2.39. The first kappa shape index (κ1) is 13.8. The van der Waals surface area contributed by atoms with Crippen molar-refractivity contribution in [2.75, 3.05) is 24.6 Å². The first-order chi connectivity index (χ1) is 8.39. The molecule has 100 valence electrons. The molecule has 0 spiro atoms. The number of hydrogen-bond acceptors (Lipinski definition) is 3. The molecule has 18 heavy (non-hydrogen) atoms. The Kier molecular flexibility index (Phi) is 3.99. The number of halogens is 1. The molecule has 1 aromatic rings. The van der Waals surface area contributed by atoms with Crippen molar-refractivity contribution in [3.63, 3.8) is 0 Å². The summed E-state index contributed by atoms with van der Waals surface area (Å²) in [7, 11) is 0. The van der Waals surface area contributed by atoms with Crippen LogP contribution in [0.25, 0.3) is 0 Å². The molecule has 1 saturated heterocycles. The van der Waals surface area contributed by atoms with E-state index in [2.05, 4.69) is 46.8 Å². The Morgan fingerprint density at radius 2 is 2.17 bits per heavy atom. The third kappa shape index (κ3) is 3.05. The van der Waals surface area contributed by atoms with Gasteiger partial charge in [-0.2, -0.15) is 0 Å². The van der Waals surface area contributed by atoms with Gasteiger partial charge in [0.2, 0.25) is 0 Å². The van der Waals surface area contributed by atoms with E-state index in [0.717, 1.165) is 29.7 Å². The largest absolute Gasteiger partial charge is 0.389 e. The van der Waals surface area contributed by atoms with Crippen molar-refractivity contribution in [2.24, 2.45) is 0 Å². The van der Waals surface area contributed by atoms with Gasteiger partial charge in [-0.25, -0.2) is 0 Å². The van der Waals surface area contributed by atoms with Crippen LogP contribution in [0.1, 0.15) is 32.4 Å². The second kappa shape index (κ2) is 5.19. The summed E-state index contributed by atoms with van der Waals surface area (Å²) in [6, 6.07) is 6.12. The van der Waals surface area contributed by atoms with Gasteiger partial charge in [0.05, 0.1) is 18.3 Å². The molecule has 1 atom stereocenters. The molecule has 1 aliphatic heterocycles. The summed E-state index contributed by atoms with van der Waals surface area (Å²) < 4.78 is 6.67. The topological polar surface area (TPSA) is 32.7 Å². The number of morpholine rings is 1. The average Bonchev–Trinajstić information content (AvgIpc) is 2.27. The van der Waals surface area contributed by atoms with E-state index in [-0.39, 0.29) is 5.60 Å². The molecular formula is C14H20BrNO2. The Morgan fingerprint density at radius 1 is 1.44 bits per heavy atom. The van der Waals surface area contributed by atoms with Gasteiger partial charge in [-0.05, 0) is 38.5 Å². The summed E-state index contributed by atoms with van der Waals surface area (Å²) in [5.74, 6) is 0. The highest BCUT2D eigenvalue weighted by Gasteiger charge is 2.27. The van der Waals surface area contributed by atoms with E-state index in [1.807, 2.05) is 6.07 Å². The Hall–Kier alpha value is -0.580. The Labute approximate surface area is 117 Å². The standard InChI is InChI=1S/C14H20BrNO2/c1-10(17)12-5-4-11(8-13(12)15)16-6-7-18-14(2,3)9-16/h4-5,8,10,17H,6-7,9H2,1-3H3/t10-/m1/s1. The molecule has 0 saturated carbocycles. The van der Waals surface area contributed by atoms with E-state index in [9.17, 15) is 5.11 Å². The molecule has 3 nitrogen and oxygen atoms in total. The number of aliphatic hydroxyl groups excluding tert-OH is 1. The monoisotopic (exact) mass is 313 g/mol. The molecule has 1 heterocycles. The zero-order valence-electron chi connectivity index (χ0n) is 11.1. The van der Waals surface area contributed by atoms with Crippen LogP contribution in [-0.4, -0.2) is 30.4 Å². The van der Waals surface area contributed by atoms with Crippen molar-refractivity contribution in [3.05, 3.63) is 28.2 Å². The maximum absolute atomic E-state index is 9.63. The number of rotatable bonds is 2. The number of anilines is 1. The maximum atomic E-state index is 9.63. The Bertz CT molecular complexity index is 432. The van der Waals surface area contributed by atoms with Crippen molar-refractivity contribution in [3.8, 4) is 0 Å². The second-order valence-corrected chi connectivity index (χ2v) is 6.27. The fourth-order valence-corrected chi connectivity index (χ4v) is 2.99. The van der Waals surface area contributed by atoms with Gasteiger partial charge >= 0.3 is 0 Å². The summed E-state index contributed by atoms with van der Waals surface area (Å²) >= 11 is 3.52. The van der Waals surface area contributed by atoms with Crippen LogP contribution in [0.15, 0.2) is 22.7 Å². The molecule has 2 rings (SSSR count). The average molecular weight is 314 g/mol. The SMILES string of the molecule is C[C@@H](O)c1ccc(N2CCOC(C)(C)C2)cc1Br. The van der Waals surface area contributed by atoms with Crippen LogP contribution < -0.4 is 4.90 Å². The minimum absolute atomic E-state index is 0.104. The van der Waals surface area contributed by atoms with Crippen molar-refractivity contribution in [1.82, 2.24) is 0 Å². The molecule has 0 aliphatic carbocycles. The molecule has 0 unspecified atom stereocenters. The fourth-order valence-electron chi connectivity index (χ4n) is 2.29. The minimum atomic E-state index is -0.449. The van der Waals surface area contributed by atoms with Gasteiger partial charge in [-0.15, -0.1) is 0 Å². The third-order valence-electron chi connectivity index (χ3n) is 3.22. The van der Waals surface area contributed by atoms with Gasteiger partial charge in [-0.3, -0.25) is 0 Å². The van der Waals surface area contributed by atoms with Crippen molar-refractivity contribution in [2.45, 2.75) is 32.5 Å². The van der Waals surface area contributed by atoms with Gasteiger partial charge in [0.25, 0.3) is 0 Å². The molecule has 4 heteroatoms. The molecule has 0 aromatic heterocycles. The molecule has 0 bridgehead atoms. The smallest absolute Gasteiger partial charge is 0.0801 e. The molecule has 1 aliphatic rings. The number of benzene rings is 1. The van der Waals surface area contributed by atoms with Crippen molar-refractivity contribution >= 4 is 21.6 Å². The third-order valence-corrected chi connectivity index (χ3v) is 3.91. The Morgan fingerprint density at radius 3 is 2.72 bits per heavy atom. The van der Waals surface area contributed by atoms with E-state index >= 15 is 0 Å². The van der Waals surface area contributed by atoms with Gasteiger partial charge in [0, 0.05) is 23.2 Å². The van der Waals surface area contributed by atoms with Crippen molar-refractivity contribution < 1.29 is 9.84 Å². The van der Waals surface area contributed by atoms with E-state index in [0.29, 0.717) is 0 Å². The summed E-state index contributed by atoms with van der Waals surface area (Å²) in [6.07, 6.45) is -0.449. The van der Waals surface area contributed by atoms with E-state index < -0.39 is 6.10 Å². The molecule has 1 fully saturated rings. The zero-order valence-corrected chi connectivity index (χ0v) is 12.7. The lowest BCUT2D eigenvalue weighted by molar-refractivity contribution is -0.0276. The lowest BCUT2D eigenvalue weighted by Crippen LogP contribution is -2.48. The highest BCUT2D eigenvalue weighted by molar-refractivity contribution is 9.10. The quantitative estimate of drug-likeness (QED) is 0.910. The van der Waals surface area contributed by atoms with Crippen LogP contribution in [-0.2, 0) is 4.74 Å². The van der Waals surface area contributed by atoms with Crippen LogP contribution in [0.2, 0.25) is 0 Å². The lowest BCUT2D eigenvalue weighted by atomic mass is 10.1. The Balaban J connectivity index is 2.21. The highest BCUT2D eigenvalue weighted by atomic mass is 79.9. The van der Waals surface area contributed by atoms with Crippen LogP contribution in [0.5, 0.6) is 0 Å². The number of aliphatic hydroxyl groups is 1. The zero-order chi connectivity index (χ0) is 13.3. The first-order valence-electron chi connectivity index (χ1n) is 6.25. The minimum Gasteiger partial charge on any atom is -0.389 e. The molecule has 0 amide bonds. The predicted octanol–water partition coefficient (Wildman–Crippen LogP) is 3.12. The summed E-state index contributed by atoms with van der Waals surface area (Å²) in [4.78, 5) is 2.32. The molecule has 1 N–H and O–H groups in total. The van der Waals surface area contributed by atoms with Crippen LogP contribution in [0.3, 0.4) is 0 Å². The molecular weight excluding hydrogens is 294 g/mol. The fraction of sp³-hybridized carbons (Fsp3) is 0.571. The van der Waals surface area contributed by atoms with Gasteiger partial charge < -0.3 is 14.7 Å². The van der Waals surface area contributed by atoms with Crippen molar-refractivity contribution in [1.29, 1.82) is 0 Å². The van der Waals surface area contributed by atoms with Crippen LogP contribution >= 0.6 is 15.9 Å². The second-order valence-electron chi connectivity index (χ2n) is 5.41. The summed E-state index contributed by atoms with van der Waals surface area (Å²) in [6.45, 7) is 8.54. The number of nitrogens with zero attached hydrogens (tertiary/aromatic N) is 1.